The van der Waals surface area contributed by atoms with Crippen molar-refractivity contribution in [3.8, 4) is 5.75 Å². The van der Waals surface area contributed by atoms with Crippen molar-refractivity contribution in [1.29, 1.82) is 0 Å². The molecule has 1 aliphatic heterocycles. The summed E-state index contributed by atoms with van der Waals surface area (Å²) in [4.78, 5) is 26.2. The molecule has 2 fully saturated rings. The number of alkyl halides is 3. The van der Waals surface area contributed by atoms with Gasteiger partial charge in [-0.3, -0.25) is 9.69 Å². The Morgan fingerprint density at radius 3 is 2.25 bits per heavy atom. The number of rotatable bonds is 7. The van der Waals surface area contributed by atoms with Gasteiger partial charge in [0, 0.05) is 44.4 Å². The zero-order valence-electron chi connectivity index (χ0n) is 17.3. The molecule has 0 spiro atoms. The molecule has 1 amide bonds. The van der Waals surface area contributed by atoms with Crippen LogP contribution in [0.3, 0.4) is 0 Å². The lowest BCUT2D eigenvalue weighted by atomic mass is 10.1. The van der Waals surface area contributed by atoms with Gasteiger partial charge >= 0.3 is 18.2 Å². The molecular weight excluding hydrogens is 443 g/mol. The predicted molar refractivity (Wildman–Crippen MR) is 100 cm³/mol. The monoisotopic (exact) mass is 466 g/mol. The van der Waals surface area contributed by atoms with Gasteiger partial charge in [-0.1, -0.05) is 0 Å². The van der Waals surface area contributed by atoms with E-state index in [1.807, 2.05) is 0 Å². The molecule has 0 radical (unpaired) electrons. The third-order valence-corrected chi connectivity index (χ3v) is 5.68. The van der Waals surface area contributed by atoms with Crippen molar-refractivity contribution in [2.45, 2.75) is 38.6 Å². The van der Waals surface area contributed by atoms with Crippen molar-refractivity contribution < 1.29 is 46.1 Å². The Morgan fingerprint density at radius 2 is 1.72 bits per heavy atom. The van der Waals surface area contributed by atoms with Crippen molar-refractivity contribution in [1.82, 2.24) is 9.80 Å². The van der Waals surface area contributed by atoms with Gasteiger partial charge in [0.25, 0.3) is 0 Å². The lowest BCUT2D eigenvalue weighted by Crippen LogP contribution is -2.49. The van der Waals surface area contributed by atoms with Gasteiger partial charge < -0.3 is 19.5 Å². The number of carbonyl (C=O) groups excluding carboxylic acids is 1. The third-order valence-electron chi connectivity index (χ3n) is 5.68. The molecule has 1 saturated carbocycles. The number of carbonyl (C=O) groups is 2. The van der Waals surface area contributed by atoms with E-state index in [1.54, 1.807) is 4.90 Å². The molecule has 12 heteroatoms. The number of hydrogen-bond acceptors (Lipinski definition) is 5. The Kier molecular flexibility index (Phi) is 6.82. The molecule has 178 valence electrons. The van der Waals surface area contributed by atoms with Gasteiger partial charge in [0.2, 0.25) is 0 Å². The van der Waals surface area contributed by atoms with E-state index >= 15 is 0 Å². The summed E-state index contributed by atoms with van der Waals surface area (Å²) in [7, 11) is 0. The molecule has 32 heavy (non-hydrogen) atoms. The number of nitrogens with zero attached hydrogens (tertiary/aromatic N) is 2. The van der Waals surface area contributed by atoms with Crippen LogP contribution >= 0.6 is 0 Å². The Balaban J connectivity index is 1.59. The summed E-state index contributed by atoms with van der Waals surface area (Å²) in [6.45, 7) is 1.39. The summed E-state index contributed by atoms with van der Waals surface area (Å²) < 4.78 is 75.2. The summed E-state index contributed by atoms with van der Waals surface area (Å²) in [5, 5.41) is 9.25. The molecule has 1 unspecified atom stereocenters. The van der Waals surface area contributed by atoms with Crippen LogP contribution in [-0.2, 0) is 16.1 Å². The first-order valence-electron chi connectivity index (χ1n) is 10.00. The second-order valence-corrected chi connectivity index (χ2v) is 8.08. The third kappa shape index (κ3) is 5.59. The molecule has 1 atom stereocenters. The van der Waals surface area contributed by atoms with E-state index in [4.69, 9.17) is 4.74 Å². The van der Waals surface area contributed by atoms with Crippen LogP contribution in [0.1, 0.15) is 25.3 Å². The molecule has 1 aromatic rings. The minimum atomic E-state index is -4.65. The fraction of sp³-hybridized carbons (Fsp3) is 0.600. The average Bonchev–Trinajstić information content (AvgIpc) is 3.50. The van der Waals surface area contributed by atoms with Crippen molar-refractivity contribution >= 4 is 12.1 Å². The zero-order chi connectivity index (χ0) is 23.7. The molecule has 1 aromatic carbocycles. The first-order chi connectivity index (χ1) is 14.9. The summed E-state index contributed by atoms with van der Waals surface area (Å²) in [6.07, 6.45) is -7.08. The maximum Gasteiger partial charge on any atom is 0.425 e. The van der Waals surface area contributed by atoms with Gasteiger partial charge in [-0.15, -0.1) is 0 Å². The Morgan fingerprint density at radius 1 is 1.12 bits per heavy atom. The molecule has 0 aromatic heterocycles. The molecular formula is C20H23F5N2O5. The minimum Gasteiger partial charge on any atom is -0.492 e. The molecule has 1 N–H and O–H groups in total. The maximum absolute atomic E-state index is 13.8. The predicted octanol–water partition coefficient (Wildman–Crippen LogP) is 3.41. The van der Waals surface area contributed by atoms with E-state index in [-0.39, 0.29) is 45.1 Å². The fourth-order valence-electron chi connectivity index (χ4n) is 3.24. The second-order valence-electron chi connectivity index (χ2n) is 8.08. The topological polar surface area (TPSA) is 79.3 Å². The van der Waals surface area contributed by atoms with Crippen LogP contribution in [0.25, 0.3) is 0 Å². The fourth-order valence-corrected chi connectivity index (χ4v) is 3.24. The van der Waals surface area contributed by atoms with E-state index in [2.05, 4.69) is 4.74 Å². The van der Waals surface area contributed by atoms with Crippen LogP contribution in [0.5, 0.6) is 5.75 Å². The zero-order valence-corrected chi connectivity index (χ0v) is 17.3. The number of halogens is 5. The highest BCUT2D eigenvalue weighted by atomic mass is 19.4. The van der Waals surface area contributed by atoms with Crippen molar-refractivity contribution in [3.63, 3.8) is 0 Å². The lowest BCUT2D eigenvalue weighted by molar-refractivity contribution is -0.200. The first kappa shape index (κ1) is 24.0. The number of ether oxygens (including phenoxy) is 2. The molecule has 1 aliphatic carbocycles. The SMILES string of the molecule is CC(OC(=O)N1CCN(Cc2cc(F)c(F)cc2OCC2(C(=O)O)CC2)CC1)C(F)(F)F. The van der Waals surface area contributed by atoms with Gasteiger partial charge in [0.05, 0.1) is 0 Å². The van der Waals surface area contributed by atoms with Crippen molar-refractivity contribution in [2.75, 3.05) is 32.8 Å². The summed E-state index contributed by atoms with van der Waals surface area (Å²) in [5.41, 5.74) is -0.714. The summed E-state index contributed by atoms with van der Waals surface area (Å²) in [6, 6.07) is 1.84. The first-order valence-corrected chi connectivity index (χ1v) is 10.00. The Hall–Kier alpha value is -2.63. The van der Waals surface area contributed by atoms with Crippen molar-refractivity contribution in [2.24, 2.45) is 5.41 Å². The maximum atomic E-state index is 13.8. The number of amides is 1. The van der Waals surface area contributed by atoms with Crippen LogP contribution in [0.4, 0.5) is 26.7 Å². The van der Waals surface area contributed by atoms with Crippen LogP contribution < -0.4 is 4.74 Å². The van der Waals surface area contributed by atoms with E-state index < -0.39 is 41.4 Å². The van der Waals surface area contributed by atoms with Crippen LogP contribution in [-0.4, -0.2) is 72.0 Å². The van der Waals surface area contributed by atoms with Crippen molar-refractivity contribution in [3.05, 3.63) is 29.3 Å². The highest BCUT2D eigenvalue weighted by Gasteiger charge is 2.51. The van der Waals surface area contributed by atoms with E-state index in [9.17, 15) is 36.6 Å². The number of carboxylic acid groups (broad SMARTS) is 1. The highest BCUT2D eigenvalue weighted by molar-refractivity contribution is 5.78. The normalized spacial score (nSPS) is 19.4. The van der Waals surface area contributed by atoms with Gasteiger partial charge in [0.15, 0.2) is 17.7 Å². The molecule has 0 bridgehead atoms. The van der Waals surface area contributed by atoms with Gasteiger partial charge in [-0.05, 0) is 25.8 Å². The minimum absolute atomic E-state index is 0.0252. The number of hydrogen-bond donors (Lipinski definition) is 1. The lowest BCUT2D eigenvalue weighted by Gasteiger charge is -2.35. The van der Waals surface area contributed by atoms with Crippen LogP contribution in [0.15, 0.2) is 12.1 Å². The number of piperazine rings is 1. The number of benzene rings is 1. The number of carboxylic acids is 1. The van der Waals surface area contributed by atoms with Crippen LogP contribution in [0.2, 0.25) is 0 Å². The highest BCUT2D eigenvalue weighted by Crippen LogP contribution is 2.46. The summed E-state index contributed by atoms with van der Waals surface area (Å²) >= 11 is 0. The summed E-state index contributed by atoms with van der Waals surface area (Å²) in [5.74, 6) is -3.20. The second kappa shape index (κ2) is 9.08. The van der Waals surface area contributed by atoms with Gasteiger partial charge in [-0.2, -0.15) is 13.2 Å². The quantitative estimate of drug-likeness (QED) is 0.621. The molecule has 1 saturated heterocycles. The Bertz CT molecular complexity index is 867. The standard InChI is InChI=1S/C20H23F5N2O5/c1-12(20(23,24)25)32-18(30)27-6-4-26(5-7-27)10-13-8-14(21)15(22)9-16(13)31-11-19(2-3-19)17(28)29/h8-9,12H,2-7,10-11H2,1H3,(H,28,29). The largest absolute Gasteiger partial charge is 0.492 e. The molecule has 3 rings (SSSR count). The van der Waals surface area contributed by atoms with Gasteiger partial charge in [-0.25, -0.2) is 13.6 Å². The molecule has 1 heterocycles. The smallest absolute Gasteiger partial charge is 0.425 e. The Labute approximate surface area is 180 Å². The number of aliphatic carboxylic acids is 1. The average molecular weight is 466 g/mol. The van der Waals surface area contributed by atoms with E-state index in [1.165, 1.54) is 0 Å². The molecule has 2 aliphatic rings. The van der Waals surface area contributed by atoms with Gasteiger partial charge in [0.1, 0.15) is 17.8 Å². The van der Waals surface area contributed by atoms with E-state index in [0.29, 0.717) is 18.4 Å². The van der Waals surface area contributed by atoms with Crippen LogP contribution in [0, 0.1) is 17.0 Å². The van der Waals surface area contributed by atoms with E-state index in [0.717, 1.165) is 24.0 Å². The molecule has 7 nitrogen and oxygen atoms in total.